The van der Waals surface area contributed by atoms with E-state index in [1.165, 1.54) is 4.90 Å². The van der Waals surface area contributed by atoms with E-state index in [1.807, 2.05) is 26.0 Å². The first-order valence-corrected chi connectivity index (χ1v) is 8.13. The predicted octanol–water partition coefficient (Wildman–Crippen LogP) is 1.63. The predicted molar refractivity (Wildman–Crippen MR) is 90.4 cm³/mol. The monoisotopic (exact) mass is 343 g/mol. The van der Waals surface area contributed by atoms with Crippen LogP contribution in [0.15, 0.2) is 24.3 Å². The number of amides is 1. The van der Waals surface area contributed by atoms with E-state index < -0.39 is 12.0 Å². The van der Waals surface area contributed by atoms with E-state index in [2.05, 4.69) is 5.10 Å². The Morgan fingerprint density at radius 2 is 2.04 bits per heavy atom. The van der Waals surface area contributed by atoms with E-state index in [4.69, 9.17) is 4.74 Å². The topological polar surface area (TPSA) is 84.7 Å². The number of aryl methyl sites for hydroxylation is 2. The number of ether oxygens (including phenoxy) is 1. The Balaban J connectivity index is 1.78. The molecule has 3 rings (SSSR count). The number of rotatable bonds is 4. The highest BCUT2D eigenvalue weighted by molar-refractivity contribution is 5.86. The minimum absolute atomic E-state index is 0.209. The van der Waals surface area contributed by atoms with Crippen LogP contribution in [0.2, 0.25) is 0 Å². The van der Waals surface area contributed by atoms with Gasteiger partial charge in [0.05, 0.1) is 5.69 Å². The number of carbonyl (C=O) groups excluding carboxylic acids is 1. The number of aliphatic carboxylic acids is 1. The van der Waals surface area contributed by atoms with Crippen LogP contribution in [-0.2, 0) is 23.1 Å². The van der Waals surface area contributed by atoms with Gasteiger partial charge in [-0.25, -0.2) is 4.79 Å². The molecule has 2 heterocycles. The van der Waals surface area contributed by atoms with Gasteiger partial charge in [0.2, 0.25) is 0 Å². The summed E-state index contributed by atoms with van der Waals surface area (Å²) in [5, 5.41) is 13.9. The molecule has 0 fully saturated rings. The van der Waals surface area contributed by atoms with Crippen LogP contribution in [0.1, 0.15) is 28.6 Å². The summed E-state index contributed by atoms with van der Waals surface area (Å²) in [6, 6.07) is 6.38. The first-order valence-electron chi connectivity index (χ1n) is 8.13. The summed E-state index contributed by atoms with van der Waals surface area (Å²) in [7, 11) is 1.80. The zero-order chi connectivity index (χ0) is 18.1. The van der Waals surface area contributed by atoms with Crippen LogP contribution in [-0.4, -0.2) is 44.8 Å². The van der Waals surface area contributed by atoms with Crippen LogP contribution in [0.5, 0.6) is 5.75 Å². The number of benzene rings is 1. The summed E-state index contributed by atoms with van der Waals surface area (Å²) >= 11 is 0. The van der Waals surface area contributed by atoms with Crippen molar-refractivity contribution in [3.05, 3.63) is 46.8 Å². The SMILES string of the molecule is Cc1nn(C)c(C)c1OCC(=O)N1CCc2ccccc2[C@@H]1C(=O)O. The van der Waals surface area contributed by atoms with Crippen molar-refractivity contribution in [2.75, 3.05) is 13.2 Å². The normalized spacial score (nSPS) is 16.4. The summed E-state index contributed by atoms with van der Waals surface area (Å²) in [6.07, 6.45) is 0.636. The second-order valence-electron chi connectivity index (χ2n) is 6.19. The number of carboxylic acid groups (broad SMARTS) is 1. The van der Waals surface area contributed by atoms with Gasteiger partial charge in [0, 0.05) is 13.6 Å². The van der Waals surface area contributed by atoms with Crippen LogP contribution >= 0.6 is 0 Å². The largest absolute Gasteiger partial charge is 0.480 e. The van der Waals surface area contributed by atoms with Crippen molar-refractivity contribution in [2.45, 2.75) is 26.3 Å². The molecule has 1 aromatic heterocycles. The van der Waals surface area contributed by atoms with Crippen molar-refractivity contribution in [1.82, 2.24) is 14.7 Å². The average molecular weight is 343 g/mol. The second-order valence-corrected chi connectivity index (χ2v) is 6.19. The Kier molecular flexibility index (Phi) is 4.48. The molecule has 1 atom stereocenters. The maximum atomic E-state index is 12.6. The number of carboxylic acids is 1. The summed E-state index contributed by atoms with van der Waals surface area (Å²) in [5.74, 6) is -0.807. The second kappa shape index (κ2) is 6.58. The Hall–Kier alpha value is -2.83. The lowest BCUT2D eigenvalue weighted by molar-refractivity contribution is -0.152. The fourth-order valence-electron chi connectivity index (χ4n) is 3.28. The molecule has 1 amide bonds. The highest BCUT2D eigenvalue weighted by atomic mass is 16.5. The van der Waals surface area contributed by atoms with Gasteiger partial charge in [0.1, 0.15) is 5.69 Å². The summed E-state index contributed by atoms with van der Waals surface area (Å²) < 4.78 is 7.34. The molecule has 132 valence electrons. The van der Waals surface area contributed by atoms with E-state index in [-0.39, 0.29) is 12.5 Å². The van der Waals surface area contributed by atoms with E-state index in [0.717, 1.165) is 11.3 Å². The first-order chi connectivity index (χ1) is 11.9. The van der Waals surface area contributed by atoms with Crippen LogP contribution in [0, 0.1) is 13.8 Å². The fourth-order valence-corrected chi connectivity index (χ4v) is 3.28. The molecule has 0 aliphatic carbocycles. The molecule has 1 aromatic carbocycles. The van der Waals surface area contributed by atoms with Gasteiger partial charge in [0.25, 0.3) is 5.91 Å². The molecule has 2 aromatic rings. The molecule has 0 saturated heterocycles. The zero-order valence-corrected chi connectivity index (χ0v) is 14.5. The lowest BCUT2D eigenvalue weighted by Crippen LogP contribution is -2.45. The Morgan fingerprint density at radius 3 is 2.68 bits per heavy atom. The summed E-state index contributed by atoms with van der Waals surface area (Å²) in [4.78, 5) is 25.8. The first kappa shape index (κ1) is 17.0. The molecule has 1 aliphatic rings. The van der Waals surface area contributed by atoms with Crippen molar-refractivity contribution in [3.63, 3.8) is 0 Å². The van der Waals surface area contributed by atoms with Crippen LogP contribution in [0.3, 0.4) is 0 Å². The lowest BCUT2D eigenvalue weighted by Gasteiger charge is -2.34. The van der Waals surface area contributed by atoms with Crippen molar-refractivity contribution >= 4 is 11.9 Å². The third-order valence-electron chi connectivity index (χ3n) is 4.62. The third-order valence-corrected chi connectivity index (χ3v) is 4.62. The molecule has 1 N–H and O–H groups in total. The summed E-state index contributed by atoms with van der Waals surface area (Å²) in [6.45, 7) is 3.82. The highest BCUT2D eigenvalue weighted by Crippen LogP contribution is 2.30. The summed E-state index contributed by atoms with van der Waals surface area (Å²) in [5.41, 5.74) is 3.16. The van der Waals surface area contributed by atoms with Gasteiger partial charge in [-0.1, -0.05) is 24.3 Å². The minimum atomic E-state index is -1.03. The molecule has 1 aliphatic heterocycles. The highest BCUT2D eigenvalue weighted by Gasteiger charge is 2.35. The molecule has 7 nitrogen and oxygen atoms in total. The Bertz CT molecular complexity index is 828. The third kappa shape index (κ3) is 3.09. The molecular weight excluding hydrogens is 322 g/mol. The Labute approximate surface area is 145 Å². The molecule has 0 spiro atoms. The van der Waals surface area contributed by atoms with Crippen molar-refractivity contribution in [3.8, 4) is 5.75 Å². The molecule has 0 unspecified atom stereocenters. The van der Waals surface area contributed by atoms with Crippen LogP contribution < -0.4 is 4.74 Å². The van der Waals surface area contributed by atoms with Gasteiger partial charge in [0.15, 0.2) is 18.4 Å². The standard InChI is InChI=1S/C18H21N3O4/c1-11-17(12(2)20(3)19-11)25-10-15(22)21-9-8-13-6-4-5-7-14(13)16(21)18(23)24/h4-7,16H,8-10H2,1-3H3,(H,23,24)/t16-/m1/s1. The number of nitrogens with zero attached hydrogens (tertiary/aromatic N) is 3. The van der Waals surface area contributed by atoms with Gasteiger partial charge < -0.3 is 14.7 Å². The number of aromatic nitrogens is 2. The van der Waals surface area contributed by atoms with E-state index in [9.17, 15) is 14.7 Å². The van der Waals surface area contributed by atoms with Gasteiger partial charge in [-0.3, -0.25) is 9.48 Å². The molecule has 0 bridgehead atoms. The quantitative estimate of drug-likeness (QED) is 0.912. The number of hydrogen-bond donors (Lipinski definition) is 1. The molecule has 7 heteroatoms. The molecule has 25 heavy (non-hydrogen) atoms. The van der Waals surface area contributed by atoms with E-state index in [1.54, 1.807) is 23.9 Å². The van der Waals surface area contributed by atoms with Crippen molar-refractivity contribution in [2.24, 2.45) is 7.05 Å². The Morgan fingerprint density at radius 1 is 1.32 bits per heavy atom. The maximum Gasteiger partial charge on any atom is 0.331 e. The van der Waals surface area contributed by atoms with Gasteiger partial charge in [-0.15, -0.1) is 0 Å². The van der Waals surface area contributed by atoms with E-state index in [0.29, 0.717) is 30.0 Å². The zero-order valence-electron chi connectivity index (χ0n) is 14.5. The molecule has 0 saturated carbocycles. The van der Waals surface area contributed by atoms with Crippen LogP contribution in [0.4, 0.5) is 0 Å². The lowest BCUT2D eigenvalue weighted by atomic mass is 9.92. The van der Waals surface area contributed by atoms with Gasteiger partial charge >= 0.3 is 5.97 Å². The van der Waals surface area contributed by atoms with Crippen LogP contribution in [0.25, 0.3) is 0 Å². The smallest absolute Gasteiger partial charge is 0.331 e. The fraction of sp³-hybridized carbons (Fsp3) is 0.389. The number of carbonyl (C=O) groups is 2. The maximum absolute atomic E-state index is 12.6. The minimum Gasteiger partial charge on any atom is -0.480 e. The molecular formula is C18H21N3O4. The number of hydrogen-bond acceptors (Lipinski definition) is 4. The van der Waals surface area contributed by atoms with Crippen molar-refractivity contribution < 1.29 is 19.4 Å². The van der Waals surface area contributed by atoms with Gasteiger partial charge in [-0.2, -0.15) is 5.10 Å². The average Bonchev–Trinajstić information content (AvgIpc) is 2.83. The van der Waals surface area contributed by atoms with E-state index >= 15 is 0 Å². The molecule has 0 radical (unpaired) electrons. The van der Waals surface area contributed by atoms with Crippen molar-refractivity contribution in [1.29, 1.82) is 0 Å². The number of fused-ring (bicyclic) bond motifs is 1. The van der Waals surface area contributed by atoms with Gasteiger partial charge in [-0.05, 0) is 31.4 Å².